The number of hydrogen-bond acceptors (Lipinski definition) is 5. The lowest BCUT2D eigenvalue weighted by Crippen LogP contribution is -2.44. The van der Waals surface area contributed by atoms with E-state index in [4.69, 9.17) is 9.47 Å². The molecule has 3 aromatic carbocycles. The van der Waals surface area contributed by atoms with E-state index in [1.807, 2.05) is 54.7 Å². The fourth-order valence-electron chi connectivity index (χ4n) is 5.15. The van der Waals surface area contributed by atoms with Crippen LogP contribution in [0.3, 0.4) is 0 Å². The van der Waals surface area contributed by atoms with E-state index in [0.717, 1.165) is 17.6 Å². The van der Waals surface area contributed by atoms with Crippen LogP contribution in [-0.4, -0.2) is 45.1 Å². The van der Waals surface area contributed by atoms with Gasteiger partial charge < -0.3 is 20.1 Å². The van der Waals surface area contributed by atoms with Crippen LogP contribution in [0.2, 0.25) is 0 Å². The highest BCUT2D eigenvalue weighted by Crippen LogP contribution is 2.40. The van der Waals surface area contributed by atoms with Gasteiger partial charge in [-0.05, 0) is 42.5 Å². The summed E-state index contributed by atoms with van der Waals surface area (Å²) in [7, 11) is 3.24. The summed E-state index contributed by atoms with van der Waals surface area (Å²) in [5.41, 5.74) is 3.13. The second kappa shape index (κ2) is 13.1. The van der Waals surface area contributed by atoms with E-state index in [0.29, 0.717) is 43.7 Å². The predicted molar refractivity (Wildman–Crippen MR) is 149 cm³/mol. The van der Waals surface area contributed by atoms with Gasteiger partial charge in [0.2, 0.25) is 0 Å². The standard InChI is InChI=1S/C32H36N2O4/c1-37-22-27(19-24-11-5-3-6-12-24)33-21-25-20-32(18-17-29(25)35,26-13-7-4-8-14-26)23-34-31(36)28-15-9-10-16-30(28)38-2/h3-16,21,27,33H,17-20,22-23H2,1-2H3,(H,34,36)/b25-21-/t27-,32?/m0/s1. The Labute approximate surface area is 225 Å². The van der Waals surface area contributed by atoms with Gasteiger partial charge in [-0.2, -0.15) is 0 Å². The molecule has 38 heavy (non-hydrogen) atoms. The quantitative estimate of drug-likeness (QED) is 0.359. The van der Waals surface area contributed by atoms with Gasteiger partial charge in [0.15, 0.2) is 5.78 Å². The summed E-state index contributed by atoms with van der Waals surface area (Å²) >= 11 is 0. The molecule has 1 unspecified atom stereocenters. The Kier molecular flexibility index (Phi) is 9.33. The molecule has 0 heterocycles. The van der Waals surface area contributed by atoms with Crippen molar-refractivity contribution in [1.82, 2.24) is 10.6 Å². The van der Waals surface area contributed by atoms with Gasteiger partial charge >= 0.3 is 0 Å². The molecule has 4 rings (SSSR count). The fourth-order valence-corrected chi connectivity index (χ4v) is 5.15. The Bertz CT molecular complexity index is 1240. The summed E-state index contributed by atoms with van der Waals surface area (Å²) in [6.07, 6.45) is 4.25. The zero-order valence-corrected chi connectivity index (χ0v) is 22.1. The average Bonchev–Trinajstić information content (AvgIpc) is 2.97. The Balaban J connectivity index is 1.55. The number of Topliss-reactive ketones (excluding diaryl/α,β-unsaturated/α-hetero) is 1. The van der Waals surface area contributed by atoms with Crippen molar-refractivity contribution in [2.24, 2.45) is 0 Å². The molecule has 1 fully saturated rings. The molecule has 3 aromatic rings. The van der Waals surface area contributed by atoms with Gasteiger partial charge in [0.05, 0.1) is 25.3 Å². The van der Waals surface area contributed by atoms with Crippen molar-refractivity contribution in [3.05, 3.63) is 113 Å². The zero-order chi connectivity index (χ0) is 26.8. The van der Waals surface area contributed by atoms with Crippen LogP contribution in [0, 0.1) is 0 Å². The summed E-state index contributed by atoms with van der Waals surface area (Å²) in [6, 6.07) is 27.6. The number of nitrogens with one attached hydrogen (secondary N) is 2. The number of amides is 1. The van der Waals surface area contributed by atoms with E-state index in [1.54, 1.807) is 26.4 Å². The number of allylic oxidation sites excluding steroid dienone is 1. The van der Waals surface area contributed by atoms with Crippen LogP contribution < -0.4 is 15.4 Å². The molecule has 1 aliphatic carbocycles. The van der Waals surface area contributed by atoms with Gasteiger partial charge in [-0.3, -0.25) is 9.59 Å². The zero-order valence-electron chi connectivity index (χ0n) is 22.1. The highest BCUT2D eigenvalue weighted by Gasteiger charge is 2.39. The van der Waals surface area contributed by atoms with Gasteiger partial charge in [0.1, 0.15) is 5.75 Å². The number of rotatable bonds is 11. The molecule has 198 valence electrons. The molecule has 0 aliphatic heterocycles. The Morgan fingerprint density at radius 2 is 1.66 bits per heavy atom. The summed E-state index contributed by atoms with van der Waals surface area (Å²) in [6.45, 7) is 0.926. The van der Waals surface area contributed by atoms with Crippen molar-refractivity contribution < 1.29 is 19.1 Å². The highest BCUT2D eigenvalue weighted by atomic mass is 16.5. The summed E-state index contributed by atoms with van der Waals surface area (Å²) in [5.74, 6) is 0.474. The summed E-state index contributed by atoms with van der Waals surface area (Å²) < 4.78 is 10.8. The van der Waals surface area contributed by atoms with Gasteiger partial charge in [0.25, 0.3) is 5.91 Å². The molecule has 0 radical (unpaired) electrons. The molecule has 0 bridgehead atoms. The molecule has 1 amide bonds. The number of methoxy groups -OCH3 is 2. The van der Waals surface area contributed by atoms with E-state index in [2.05, 4.69) is 34.9 Å². The molecule has 0 spiro atoms. The van der Waals surface area contributed by atoms with Gasteiger partial charge in [-0.25, -0.2) is 0 Å². The molecule has 1 aliphatic rings. The van der Waals surface area contributed by atoms with E-state index in [9.17, 15) is 9.59 Å². The van der Waals surface area contributed by atoms with Crippen LogP contribution >= 0.6 is 0 Å². The number of carbonyl (C=O) groups is 2. The van der Waals surface area contributed by atoms with E-state index >= 15 is 0 Å². The molecule has 1 saturated carbocycles. The van der Waals surface area contributed by atoms with Crippen molar-refractivity contribution in [3.8, 4) is 5.75 Å². The van der Waals surface area contributed by atoms with E-state index < -0.39 is 5.41 Å². The largest absolute Gasteiger partial charge is 0.496 e. The van der Waals surface area contributed by atoms with Crippen molar-refractivity contribution >= 4 is 11.7 Å². The molecule has 6 nitrogen and oxygen atoms in total. The van der Waals surface area contributed by atoms with Crippen LogP contribution in [0.15, 0.2) is 96.7 Å². The summed E-state index contributed by atoms with van der Waals surface area (Å²) in [4.78, 5) is 26.2. The molecular weight excluding hydrogens is 476 g/mol. The van der Waals surface area contributed by atoms with Gasteiger partial charge in [-0.15, -0.1) is 0 Å². The summed E-state index contributed by atoms with van der Waals surface area (Å²) in [5, 5.41) is 6.59. The van der Waals surface area contributed by atoms with Gasteiger partial charge in [0, 0.05) is 37.3 Å². The molecule has 0 saturated heterocycles. The third-order valence-corrected chi connectivity index (χ3v) is 7.23. The van der Waals surface area contributed by atoms with E-state index in [1.165, 1.54) is 5.56 Å². The van der Waals surface area contributed by atoms with Gasteiger partial charge in [-0.1, -0.05) is 72.8 Å². The number of hydrogen-bond donors (Lipinski definition) is 2. The maximum atomic E-state index is 13.1. The van der Waals surface area contributed by atoms with Crippen LogP contribution in [-0.2, 0) is 21.4 Å². The average molecular weight is 513 g/mol. The lowest BCUT2D eigenvalue weighted by atomic mass is 9.67. The SMILES string of the molecule is COC[C@H](Cc1ccccc1)N/C=C1/CC(CNC(=O)c2ccccc2OC)(c2ccccc2)CCC1=O. The minimum absolute atomic E-state index is 0.0287. The van der Waals surface area contributed by atoms with Crippen molar-refractivity contribution in [2.75, 3.05) is 27.4 Å². The first-order valence-electron chi connectivity index (χ1n) is 13.0. The topological polar surface area (TPSA) is 76.7 Å². The van der Waals surface area contributed by atoms with Crippen molar-refractivity contribution in [2.45, 2.75) is 37.1 Å². The molecule has 6 heteroatoms. The molecular formula is C32H36N2O4. The molecule has 2 N–H and O–H groups in total. The number of ether oxygens (including phenoxy) is 2. The monoisotopic (exact) mass is 512 g/mol. The fraction of sp³-hybridized carbons (Fsp3) is 0.312. The first-order chi connectivity index (χ1) is 18.5. The minimum Gasteiger partial charge on any atom is -0.496 e. The smallest absolute Gasteiger partial charge is 0.255 e. The van der Waals surface area contributed by atoms with Crippen LogP contribution in [0.4, 0.5) is 0 Å². The first kappa shape index (κ1) is 27.1. The van der Waals surface area contributed by atoms with Crippen LogP contribution in [0.25, 0.3) is 0 Å². The molecule has 0 aromatic heterocycles. The normalized spacial score (nSPS) is 19.1. The second-order valence-corrected chi connectivity index (χ2v) is 9.81. The molecule has 2 atom stereocenters. The number of ketones is 1. The maximum absolute atomic E-state index is 13.1. The Hall–Kier alpha value is -3.90. The predicted octanol–water partition coefficient (Wildman–Crippen LogP) is 4.85. The van der Waals surface area contributed by atoms with E-state index in [-0.39, 0.29) is 17.7 Å². The number of benzene rings is 3. The lowest BCUT2D eigenvalue weighted by molar-refractivity contribution is -0.117. The van der Waals surface area contributed by atoms with Crippen molar-refractivity contribution in [3.63, 3.8) is 0 Å². The van der Waals surface area contributed by atoms with Crippen molar-refractivity contribution in [1.29, 1.82) is 0 Å². The highest BCUT2D eigenvalue weighted by molar-refractivity contribution is 5.98. The minimum atomic E-state index is -0.406. The lowest BCUT2D eigenvalue weighted by Gasteiger charge is -2.39. The second-order valence-electron chi connectivity index (χ2n) is 9.81. The Morgan fingerprint density at radius 3 is 2.37 bits per heavy atom. The third-order valence-electron chi connectivity index (χ3n) is 7.23. The Morgan fingerprint density at radius 1 is 0.974 bits per heavy atom. The number of para-hydroxylation sites is 1. The first-order valence-corrected chi connectivity index (χ1v) is 13.0. The maximum Gasteiger partial charge on any atom is 0.255 e. The van der Waals surface area contributed by atoms with Crippen LogP contribution in [0.1, 0.15) is 40.7 Å². The number of carbonyl (C=O) groups excluding carboxylic acids is 2. The third kappa shape index (κ3) is 6.69. The van der Waals surface area contributed by atoms with Crippen LogP contribution in [0.5, 0.6) is 5.75 Å².